The van der Waals surface area contributed by atoms with Crippen molar-refractivity contribution in [2.75, 3.05) is 13.2 Å². The average molecular weight is 732 g/mol. The molecule has 2 aliphatic carbocycles. The summed E-state index contributed by atoms with van der Waals surface area (Å²) in [5, 5.41) is 12.8. The highest BCUT2D eigenvalue weighted by molar-refractivity contribution is 6.99. The number of imide groups is 1. The fraction of sp³-hybridized carbons (Fsp3) is 0.478. The van der Waals surface area contributed by atoms with Crippen molar-refractivity contribution >= 4 is 36.6 Å². The van der Waals surface area contributed by atoms with E-state index in [4.69, 9.17) is 9.16 Å². The molecule has 3 aromatic rings. The Labute approximate surface area is 317 Å². The number of ether oxygens (including phenoxy) is 1. The molecule has 2 aliphatic heterocycles. The van der Waals surface area contributed by atoms with Gasteiger partial charge >= 0.3 is 0 Å². The zero-order valence-electron chi connectivity index (χ0n) is 32.1. The number of likely N-dealkylation sites (tertiary alicyclic amines) is 1. The van der Waals surface area contributed by atoms with Crippen molar-refractivity contribution in [2.24, 2.45) is 17.8 Å². The summed E-state index contributed by atoms with van der Waals surface area (Å²) in [6.45, 7) is 9.94. The first-order valence-electron chi connectivity index (χ1n) is 20.1. The maximum absolute atomic E-state index is 14.4. The van der Waals surface area contributed by atoms with Crippen LogP contribution in [0.3, 0.4) is 0 Å². The smallest absolute Gasteiger partial charge is 0.261 e. The molecule has 0 radical (unpaired) electrons. The van der Waals surface area contributed by atoms with Gasteiger partial charge in [0, 0.05) is 17.5 Å². The molecule has 3 fully saturated rings. The van der Waals surface area contributed by atoms with Gasteiger partial charge in [-0.15, -0.1) is 0 Å². The fourth-order valence-corrected chi connectivity index (χ4v) is 14.6. The van der Waals surface area contributed by atoms with E-state index in [9.17, 15) is 14.7 Å². The molecular weight excluding hydrogens is 675 g/mol. The molecule has 1 N–H and O–H groups in total. The zero-order valence-corrected chi connectivity index (χ0v) is 33.1. The second-order valence-corrected chi connectivity index (χ2v) is 21.1. The summed E-state index contributed by atoms with van der Waals surface area (Å²) >= 11 is 0. The van der Waals surface area contributed by atoms with Gasteiger partial charge in [0.05, 0.1) is 31.2 Å². The zero-order chi connectivity index (χ0) is 37.2. The summed E-state index contributed by atoms with van der Waals surface area (Å²) in [4.78, 5) is 30.4. The van der Waals surface area contributed by atoms with Gasteiger partial charge < -0.3 is 14.3 Å². The molecule has 53 heavy (non-hydrogen) atoms. The van der Waals surface area contributed by atoms with Crippen LogP contribution in [0.1, 0.15) is 97.5 Å². The lowest BCUT2D eigenvalue weighted by Crippen LogP contribution is -2.66. The van der Waals surface area contributed by atoms with Crippen molar-refractivity contribution in [3.63, 3.8) is 0 Å². The molecule has 0 bridgehead atoms. The molecule has 7 heteroatoms. The van der Waals surface area contributed by atoms with Gasteiger partial charge in [0.2, 0.25) is 11.8 Å². The van der Waals surface area contributed by atoms with Crippen molar-refractivity contribution in [3.8, 4) is 5.75 Å². The summed E-state index contributed by atoms with van der Waals surface area (Å²) in [5.41, 5.74) is 4.46. The summed E-state index contributed by atoms with van der Waals surface area (Å²) < 4.78 is 14.3. The third-order valence-electron chi connectivity index (χ3n) is 12.5. The van der Waals surface area contributed by atoms with E-state index in [-0.39, 0.29) is 52.5 Å². The quantitative estimate of drug-likeness (QED) is 0.115. The number of amides is 2. The van der Waals surface area contributed by atoms with Crippen LogP contribution in [0, 0.1) is 17.8 Å². The summed E-state index contributed by atoms with van der Waals surface area (Å²) in [6.07, 6.45) is 11.2. The van der Waals surface area contributed by atoms with Crippen molar-refractivity contribution in [1.29, 1.82) is 0 Å². The Morgan fingerprint density at radius 2 is 1.51 bits per heavy atom. The van der Waals surface area contributed by atoms with Crippen LogP contribution in [0.5, 0.6) is 5.75 Å². The standard InChI is InChI=1S/C46H57NO5Si/c1-5-17-32(28-33-18-15-16-25-40(33)48)26-27-41-42-34(29-38-43(39(42)31-51-41)45(50)47(44(38)49)35-19-9-6-10-20-35)30-52-53(46(2,3)4,36-21-11-7-12-22-36)37-23-13-8-14-24-37/h7-8,11-16,18,21-25,28,35,38-39,41,43,48H,5-6,9-10,17,19-20,26-27,29-31H2,1-4H3/b32-28+/t38-,39+,41-,43-/m1/s1. The molecule has 2 saturated heterocycles. The second kappa shape index (κ2) is 15.9. The molecular formula is C46H57NO5Si. The van der Waals surface area contributed by atoms with Gasteiger partial charge in [-0.05, 0) is 71.1 Å². The van der Waals surface area contributed by atoms with Crippen LogP contribution in [-0.2, 0) is 18.8 Å². The molecule has 280 valence electrons. The Morgan fingerprint density at radius 3 is 2.13 bits per heavy atom. The van der Waals surface area contributed by atoms with Crippen LogP contribution in [0.4, 0.5) is 0 Å². The van der Waals surface area contributed by atoms with E-state index in [0.717, 1.165) is 62.5 Å². The Balaban J connectivity index is 1.26. The number of rotatable bonds is 12. The Bertz CT molecular complexity index is 1780. The molecule has 6 nitrogen and oxygen atoms in total. The topological polar surface area (TPSA) is 76.1 Å². The van der Waals surface area contributed by atoms with Gasteiger partial charge in [0.15, 0.2) is 0 Å². The molecule has 3 aromatic carbocycles. The molecule has 1 saturated carbocycles. The Kier molecular flexibility index (Phi) is 11.3. The number of hydrogen-bond donors (Lipinski definition) is 1. The number of fused-ring (bicyclic) bond motifs is 3. The van der Waals surface area contributed by atoms with Gasteiger partial charge in [0.25, 0.3) is 8.32 Å². The van der Waals surface area contributed by atoms with E-state index in [2.05, 4.69) is 94.4 Å². The van der Waals surface area contributed by atoms with Crippen molar-refractivity contribution in [1.82, 2.24) is 4.90 Å². The number of para-hydroxylation sites is 1. The predicted octanol–water partition coefficient (Wildman–Crippen LogP) is 8.58. The van der Waals surface area contributed by atoms with Crippen LogP contribution < -0.4 is 10.4 Å². The number of aromatic hydroxyl groups is 1. The molecule has 0 aromatic heterocycles. The largest absolute Gasteiger partial charge is 0.507 e. The van der Waals surface area contributed by atoms with Gasteiger partial charge in [-0.2, -0.15) is 0 Å². The SMILES string of the molecule is CCC/C(=C\c1ccccc1O)CC[C@H]1OC[C@H]2C1=C(CO[Si](c1ccccc1)(c1ccccc1)C(C)(C)C)C[C@H]1C(=O)N(C3CCCCC3)C(=O)[C@H]12. The third-order valence-corrected chi connectivity index (χ3v) is 17.4. The van der Waals surface area contributed by atoms with E-state index in [1.807, 2.05) is 18.2 Å². The Morgan fingerprint density at radius 1 is 0.868 bits per heavy atom. The van der Waals surface area contributed by atoms with E-state index < -0.39 is 8.32 Å². The van der Waals surface area contributed by atoms with Gasteiger partial charge in [0.1, 0.15) is 5.75 Å². The lowest BCUT2D eigenvalue weighted by molar-refractivity contribution is -0.143. The maximum atomic E-state index is 14.4. The first kappa shape index (κ1) is 37.5. The number of phenolic OH excluding ortho intramolecular Hbond substituents is 1. The monoisotopic (exact) mass is 731 g/mol. The number of hydrogen-bond acceptors (Lipinski definition) is 5. The average Bonchev–Trinajstić information content (AvgIpc) is 3.70. The molecule has 4 atom stereocenters. The van der Waals surface area contributed by atoms with Crippen molar-refractivity contribution in [2.45, 2.75) is 109 Å². The molecule has 2 amide bonds. The Hall–Kier alpha value is -3.78. The highest BCUT2D eigenvalue weighted by Gasteiger charge is 2.59. The van der Waals surface area contributed by atoms with E-state index >= 15 is 0 Å². The molecule has 0 unspecified atom stereocenters. The number of carbonyl (C=O) groups excluding carboxylic acids is 2. The number of benzene rings is 3. The number of allylic oxidation sites excluding steroid dienone is 1. The molecule has 7 rings (SSSR count). The molecule has 0 spiro atoms. The molecule has 2 heterocycles. The first-order valence-corrected chi connectivity index (χ1v) is 22.0. The van der Waals surface area contributed by atoms with Crippen molar-refractivity contribution in [3.05, 3.63) is 107 Å². The van der Waals surface area contributed by atoms with Crippen LogP contribution >= 0.6 is 0 Å². The van der Waals surface area contributed by atoms with Gasteiger partial charge in [-0.1, -0.05) is 144 Å². The first-order chi connectivity index (χ1) is 25.6. The predicted molar refractivity (Wildman–Crippen MR) is 214 cm³/mol. The summed E-state index contributed by atoms with van der Waals surface area (Å²) in [7, 11) is -2.87. The minimum Gasteiger partial charge on any atom is -0.507 e. The van der Waals surface area contributed by atoms with Crippen molar-refractivity contribution < 1.29 is 23.9 Å². The summed E-state index contributed by atoms with van der Waals surface area (Å²) in [6, 6.07) is 29.0. The van der Waals surface area contributed by atoms with Gasteiger partial charge in [-0.25, -0.2) is 0 Å². The van der Waals surface area contributed by atoms with E-state index in [1.165, 1.54) is 27.9 Å². The minimum absolute atomic E-state index is 0.0175. The normalized spacial score (nSPS) is 24.2. The highest BCUT2D eigenvalue weighted by Crippen LogP contribution is 2.51. The fourth-order valence-electron chi connectivity index (χ4n) is 10.0. The van der Waals surface area contributed by atoms with E-state index in [0.29, 0.717) is 19.6 Å². The van der Waals surface area contributed by atoms with Crippen LogP contribution in [0.2, 0.25) is 5.04 Å². The lowest BCUT2D eigenvalue weighted by Gasteiger charge is -2.44. The maximum Gasteiger partial charge on any atom is 0.261 e. The number of nitrogens with zero attached hydrogens (tertiary/aromatic N) is 1. The highest BCUT2D eigenvalue weighted by atomic mass is 28.4. The minimum atomic E-state index is -2.87. The molecule has 4 aliphatic rings. The lowest BCUT2D eigenvalue weighted by atomic mass is 9.69. The second-order valence-electron chi connectivity index (χ2n) is 16.8. The van der Waals surface area contributed by atoms with Crippen LogP contribution in [-0.4, -0.2) is 55.5 Å². The van der Waals surface area contributed by atoms with Gasteiger partial charge in [-0.3, -0.25) is 14.5 Å². The number of phenols is 1. The third kappa shape index (κ3) is 7.25. The van der Waals surface area contributed by atoms with Crippen LogP contribution in [0.15, 0.2) is 102 Å². The number of carbonyl (C=O) groups is 2. The summed E-state index contributed by atoms with van der Waals surface area (Å²) in [5.74, 6) is -0.528. The van der Waals surface area contributed by atoms with E-state index in [1.54, 1.807) is 11.0 Å². The van der Waals surface area contributed by atoms with Crippen LogP contribution in [0.25, 0.3) is 6.08 Å².